The van der Waals surface area contributed by atoms with Crippen molar-refractivity contribution in [3.8, 4) is 5.69 Å². The molecule has 0 aliphatic rings. The Balaban J connectivity index is 1.73. The maximum Gasteiger partial charge on any atom is 0.351 e. The highest BCUT2D eigenvalue weighted by atomic mass is 32.2. The molecule has 1 amide bonds. The summed E-state index contributed by atoms with van der Waals surface area (Å²) in [5.41, 5.74) is 1.68. The van der Waals surface area contributed by atoms with Gasteiger partial charge in [0, 0.05) is 32.2 Å². The number of thiophene rings is 1. The van der Waals surface area contributed by atoms with E-state index in [0.717, 1.165) is 4.31 Å². The van der Waals surface area contributed by atoms with Gasteiger partial charge >= 0.3 is 5.97 Å². The number of sulfonamides is 1. The Bertz CT molecular complexity index is 1200. The van der Waals surface area contributed by atoms with Gasteiger partial charge in [0.25, 0.3) is 5.91 Å². The van der Waals surface area contributed by atoms with E-state index in [1.807, 2.05) is 24.5 Å². The van der Waals surface area contributed by atoms with Crippen molar-refractivity contribution >= 4 is 38.9 Å². The number of carbonyl (C=O) groups excluding carboxylic acids is 2. The van der Waals surface area contributed by atoms with Gasteiger partial charge in [-0.3, -0.25) is 4.79 Å². The third-order valence-electron chi connectivity index (χ3n) is 4.61. The number of nitrogens with zero attached hydrogens (tertiary/aromatic N) is 2. The van der Waals surface area contributed by atoms with E-state index in [2.05, 4.69) is 5.32 Å². The predicted octanol–water partition coefficient (Wildman–Crippen LogP) is 3.28. The number of nitrogens with one attached hydrogen (secondary N) is 1. The summed E-state index contributed by atoms with van der Waals surface area (Å²) < 4.78 is 33.0. The maximum absolute atomic E-state index is 12.6. The van der Waals surface area contributed by atoms with E-state index in [0.29, 0.717) is 21.8 Å². The Hall–Kier alpha value is -2.95. The summed E-state index contributed by atoms with van der Waals surface area (Å²) in [6, 6.07) is 9.96. The van der Waals surface area contributed by atoms with Crippen molar-refractivity contribution in [2.75, 3.05) is 19.4 Å². The van der Waals surface area contributed by atoms with Crippen LogP contribution in [0.4, 0.5) is 5.69 Å². The van der Waals surface area contributed by atoms with Crippen LogP contribution in [-0.2, 0) is 19.6 Å². The predicted molar refractivity (Wildman–Crippen MR) is 119 cm³/mol. The first kappa shape index (κ1) is 22.7. The molecule has 10 heteroatoms. The minimum absolute atomic E-state index is 0.0537. The molecular weight excluding hydrogens is 438 g/mol. The van der Waals surface area contributed by atoms with Gasteiger partial charge in [0.05, 0.1) is 10.6 Å². The fourth-order valence-corrected chi connectivity index (χ4v) is 4.46. The molecule has 0 aliphatic heterocycles. The summed E-state index contributed by atoms with van der Waals surface area (Å²) in [6.07, 6.45) is 2.54. The Kier molecular flexibility index (Phi) is 6.63. The molecule has 0 saturated carbocycles. The van der Waals surface area contributed by atoms with Crippen molar-refractivity contribution in [3.63, 3.8) is 0 Å². The number of carbonyl (C=O) groups is 2. The lowest BCUT2D eigenvalue weighted by atomic mass is 10.2. The molecule has 0 spiro atoms. The summed E-state index contributed by atoms with van der Waals surface area (Å²) in [7, 11) is -0.787. The average Bonchev–Trinajstić information content (AvgIpc) is 3.40. The van der Waals surface area contributed by atoms with Crippen LogP contribution in [0.25, 0.3) is 5.69 Å². The standard InChI is InChI=1S/C21H23N3O5S2/c1-14-7-8-16(31(27,28)23(3)4)13-17(14)22-20(25)15(2)29-21(26)19-18(9-12-30-19)24-10-5-6-11-24/h5-13,15H,1-4H3,(H,22,25). The monoisotopic (exact) mass is 461 g/mol. The number of esters is 1. The molecule has 2 heterocycles. The van der Waals surface area contributed by atoms with E-state index in [9.17, 15) is 18.0 Å². The number of ether oxygens (including phenoxy) is 1. The van der Waals surface area contributed by atoms with Crippen LogP contribution in [-0.4, -0.2) is 49.4 Å². The molecule has 1 aromatic carbocycles. The van der Waals surface area contributed by atoms with Gasteiger partial charge in [0.15, 0.2) is 6.10 Å². The number of aromatic nitrogens is 1. The Labute approximate surface area is 185 Å². The fourth-order valence-electron chi connectivity index (χ4n) is 2.76. The molecular formula is C21H23N3O5S2. The third kappa shape index (κ3) is 4.87. The number of hydrogen-bond donors (Lipinski definition) is 1. The number of aryl methyl sites for hydroxylation is 1. The van der Waals surface area contributed by atoms with Crippen LogP contribution in [0.15, 0.2) is 59.1 Å². The molecule has 1 N–H and O–H groups in total. The van der Waals surface area contributed by atoms with Crippen LogP contribution in [0.2, 0.25) is 0 Å². The Morgan fingerprint density at radius 2 is 1.84 bits per heavy atom. The van der Waals surface area contributed by atoms with Gasteiger partial charge < -0.3 is 14.6 Å². The van der Waals surface area contributed by atoms with Gasteiger partial charge in [0.1, 0.15) is 4.88 Å². The SMILES string of the molecule is Cc1ccc(S(=O)(=O)N(C)C)cc1NC(=O)C(C)OC(=O)c1sccc1-n1cccc1. The maximum atomic E-state index is 12.6. The summed E-state index contributed by atoms with van der Waals surface area (Å²) in [5.74, 6) is -1.17. The highest BCUT2D eigenvalue weighted by Gasteiger charge is 2.24. The Morgan fingerprint density at radius 1 is 1.16 bits per heavy atom. The lowest BCUT2D eigenvalue weighted by Gasteiger charge is -2.17. The second kappa shape index (κ2) is 9.04. The van der Waals surface area contributed by atoms with Crippen molar-refractivity contribution in [3.05, 3.63) is 64.6 Å². The highest BCUT2D eigenvalue weighted by Crippen LogP contribution is 2.24. The summed E-state index contributed by atoms with van der Waals surface area (Å²) in [4.78, 5) is 25.7. The van der Waals surface area contributed by atoms with Crippen LogP contribution in [0.3, 0.4) is 0 Å². The fraction of sp³-hybridized carbons (Fsp3) is 0.238. The van der Waals surface area contributed by atoms with Gasteiger partial charge in [-0.25, -0.2) is 17.5 Å². The topological polar surface area (TPSA) is 97.7 Å². The Morgan fingerprint density at radius 3 is 2.48 bits per heavy atom. The summed E-state index contributed by atoms with van der Waals surface area (Å²) >= 11 is 1.22. The molecule has 1 atom stereocenters. The van der Waals surface area contributed by atoms with E-state index in [1.54, 1.807) is 29.0 Å². The molecule has 1 unspecified atom stereocenters. The quantitative estimate of drug-likeness (QED) is 0.545. The van der Waals surface area contributed by atoms with Crippen molar-refractivity contribution in [1.29, 1.82) is 0 Å². The zero-order valence-corrected chi connectivity index (χ0v) is 19.2. The largest absolute Gasteiger partial charge is 0.448 e. The van der Waals surface area contributed by atoms with Crippen LogP contribution in [0.5, 0.6) is 0 Å². The average molecular weight is 462 g/mol. The molecule has 0 saturated heterocycles. The summed E-state index contributed by atoms with van der Waals surface area (Å²) in [6.45, 7) is 3.21. The molecule has 0 bridgehead atoms. The van der Waals surface area contributed by atoms with Gasteiger partial charge in [-0.15, -0.1) is 11.3 Å². The second-order valence-corrected chi connectivity index (χ2v) is 10.1. The van der Waals surface area contributed by atoms with E-state index in [1.165, 1.54) is 44.5 Å². The van der Waals surface area contributed by atoms with Gasteiger partial charge in [-0.1, -0.05) is 6.07 Å². The number of benzene rings is 1. The third-order valence-corrected chi connectivity index (χ3v) is 7.31. The zero-order valence-electron chi connectivity index (χ0n) is 17.5. The molecule has 0 radical (unpaired) electrons. The van der Waals surface area contributed by atoms with Crippen molar-refractivity contribution in [2.45, 2.75) is 24.8 Å². The molecule has 31 heavy (non-hydrogen) atoms. The van der Waals surface area contributed by atoms with E-state index in [-0.39, 0.29) is 4.90 Å². The van der Waals surface area contributed by atoms with Crippen molar-refractivity contribution < 1.29 is 22.7 Å². The van der Waals surface area contributed by atoms with Crippen molar-refractivity contribution in [2.24, 2.45) is 0 Å². The lowest BCUT2D eigenvalue weighted by molar-refractivity contribution is -0.123. The van der Waals surface area contributed by atoms with Gasteiger partial charge in [-0.05, 0) is 55.1 Å². The summed E-state index contributed by atoms with van der Waals surface area (Å²) in [5, 5.41) is 4.43. The number of anilines is 1. The molecule has 8 nitrogen and oxygen atoms in total. The first-order valence-corrected chi connectivity index (χ1v) is 11.7. The van der Waals surface area contributed by atoms with E-state index < -0.39 is 28.0 Å². The van der Waals surface area contributed by atoms with E-state index in [4.69, 9.17) is 4.74 Å². The zero-order chi connectivity index (χ0) is 22.8. The van der Waals surface area contributed by atoms with Gasteiger partial charge in [-0.2, -0.15) is 0 Å². The van der Waals surface area contributed by atoms with Gasteiger partial charge in [0.2, 0.25) is 10.0 Å². The second-order valence-electron chi connectivity index (χ2n) is 7.03. The number of amides is 1. The highest BCUT2D eigenvalue weighted by molar-refractivity contribution is 7.89. The molecule has 164 valence electrons. The first-order chi connectivity index (χ1) is 14.6. The van der Waals surface area contributed by atoms with Crippen LogP contribution < -0.4 is 5.32 Å². The normalized spacial score (nSPS) is 12.5. The van der Waals surface area contributed by atoms with Crippen molar-refractivity contribution in [1.82, 2.24) is 8.87 Å². The molecule has 0 aliphatic carbocycles. The van der Waals surface area contributed by atoms with Crippen LogP contribution in [0, 0.1) is 6.92 Å². The minimum Gasteiger partial charge on any atom is -0.448 e. The number of hydrogen-bond acceptors (Lipinski definition) is 6. The first-order valence-electron chi connectivity index (χ1n) is 9.37. The van der Waals surface area contributed by atoms with E-state index >= 15 is 0 Å². The van der Waals surface area contributed by atoms with Crippen LogP contribution in [0.1, 0.15) is 22.2 Å². The lowest BCUT2D eigenvalue weighted by Crippen LogP contribution is -2.30. The molecule has 0 fully saturated rings. The number of rotatable bonds is 7. The molecule has 3 rings (SSSR count). The molecule has 2 aromatic heterocycles. The van der Waals surface area contributed by atoms with Crippen LogP contribution >= 0.6 is 11.3 Å². The smallest absolute Gasteiger partial charge is 0.351 e. The molecule has 3 aromatic rings. The minimum atomic E-state index is -3.65.